The van der Waals surface area contributed by atoms with Crippen molar-refractivity contribution in [1.29, 1.82) is 0 Å². The van der Waals surface area contributed by atoms with Crippen molar-refractivity contribution in [3.8, 4) is 0 Å². The Bertz CT molecular complexity index is 402. The molecule has 0 N–H and O–H groups in total. The molecule has 0 saturated carbocycles. The van der Waals surface area contributed by atoms with Crippen molar-refractivity contribution >= 4 is 46.0 Å². The molecule has 1 aliphatic heterocycles. The van der Waals surface area contributed by atoms with Crippen molar-refractivity contribution in [2.45, 2.75) is 12.7 Å². The van der Waals surface area contributed by atoms with Crippen molar-refractivity contribution in [1.82, 2.24) is 9.97 Å². The third-order valence-electron chi connectivity index (χ3n) is 2.28. The van der Waals surface area contributed by atoms with E-state index in [4.69, 9.17) is 21.1 Å². The summed E-state index contributed by atoms with van der Waals surface area (Å²) in [6.45, 7) is 1.18. The zero-order valence-corrected chi connectivity index (χ0v) is 13.0. The van der Waals surface area contributed by atoms with Crippen LogP contribution in [0.2, 0.25) is 5.15 Å². The van der Waals surface area contributed by atoms with Gasteiger partial charge in [-0.15, -0.1) is 0 Å². The quantitative estimate of drug-likeness (QED) is 0.590. The van der Waals surface area contributed by atoms with Crippen LogP contribution in [-0.2, 0) is 16.1 Å². The predicted molar refractivity (Wildman–Crippen MR) is 76.5 cm³/mol. The normalized spacial score (nSPS) is 20.5. The molecule has 1 aromatic heterocycles. The lowest BCUT2D eigenvalue weighted by Gasteiger charge is -2.21. The highest BCUT2D eigenvalue weighted by molar-refractivity contribution is 14.1. The number of hydrogen-bond acceptors (Lipinski definition) is 5. The highest BCUT2D eigenvalue weighted by Gasteiger charge is 2.21. The highest BCUT2D eigenvalue weighted by atomic mass is 127. The Labute approximate surface area is 123 Å². The summed E-state index contributed by atoms with van der Waals surface area (Å²) in [7, 11) is 1.64. The number of halogens is 2. The standard InChI is InChI=1S/C10H12ClIN2O2S/c1-15-4-6-8(12)9(11)14-10(13-6)7-5-17-3-2-16-7/h7H,2-5H2,1H3. The molecule has 1 saturated heterocycles. The number of rotatable bonds is 3. The van der Waals surface area contributed by atoms with Crippen molar-refractivity contribution in [2.24, 2.45) is 0 Å². The van der Waals surface area contributed by atoms with Gasteiger partial charge in [0.1, 0.15) is 11.3 Å². The largest absolute Gasteiger partial charge is 0.378 e. The van der Waals surface area contributed by atoms with E-state index in [-0.39, 0.29) is 6.10 Å². The summed E-state index contributed by atoms with van der Waals surface area (Å²) >= 11 is 10.1. The molecule has 0 radical (unpaired) electrons. The summed E-state index contributed by atoms with van der Waals surface area (Å²) in [5.41, 5.74) is 0.822. The topological polar surface area (TPSA) is 44.2 Å². The first-order valence-electron chi connectivity index (χ1n) is 5.12. The molecule has 17 heavy (non-hydrogen) atoms. The Morgan fingerprint density at radius 1 is 1.59 bits per heavy atom. The second-order valence-corrected chi connectivity index (χ2v) is 6.09. The van der Waals surface area contributed by atoms with E-state index in [1.54, 1.807) is 7.11 Å². The monoisotopic (exact) mass is 386 g/mol. The fourth-order valence-corrected chi connectivity index (χ4v) is 2.93. The molecule has 2 rings (SSSR count). The Balaban J connectivity index is 2.27. The second-order valence-electron chi connectivity index (χ2n) is 3.50. The lowest BCUT2D eigenvalue weighted by atomic mass is 10.3. The van der Waals surface area contributed by atoms with E-state index in [2.05, 4.69) is 32.6 Å². The molecular weight excluding hydrogens is 375 g/mol. The second kappa shape index (κ2) is 6.51. The molecule has 1 atom stereocenters. The number of aromatic nitrogens is 2. The maximum Gasteiger partial charge on any atom is 0.160 e. The highest BCUT2D eigenvalue weighted by Crippen LogP contribution is 2.27. The van der Waals surface area contributed by atoms with Crippen LogP contribution in [0.3, 0.4) is 0 Å². The summed E-state index contributed by atoms with van der Waals surface area (Å²) in [6, 6.07) is 0. The third kappa shape index (κ3) is 3.44. The van der Waals surface area contributed by atoms with Gasteiger partial charge in [-0.1, -0.05) is 11.6 Å². The van der Waals surface area contributed by atoms with Gasteiger partial charge in [0.15, 0.2) is 5.82 Å². The Morgan fingerprint density at radius 2 is 2.41 bits per heavy atom. The van der Waals surface area contributed by atoms with Gasteiger partial charge in [-0.3, -0.25) is 0 Å². The molecular formula is C10H12ClIN2O2S. The molecule has 0 aliphatic carbocycles. The maximum absolute atomic E-state index is 6.10. The van der Waals surface area contributed by atoms with Gasteiger partial charge in [-0.05, 0) is 22.6 Å². The van der Waals surface area contributed by atoms with Crippen LogP contribution in [0, 0.1) is 3.57 Å². The molecule has 0 bridgehead atoms. The average molecular weight is 387 g/mol. The molecule has 0 aromatic carbocycles. The van der Waals surface area contributed by atoms with Gasteiger partial charge in [0.05, 0.1) is 22.5 Å². The molecule has 7 heteroatoms. The fourth-order valence-electron chi connectivity index (χ4n) is 1.49. The molecule has 2 heterocycles. The molecule has 1 fully saturated rings. The first kappa shape index (κ1) is 13.8. The summed E-state index contributed by atoms with van der Waals surface area (Å²) in [6.07, 6.45) is -0.0566. The summed E-state index contributed by atoms with van der Waals surface area (Å²) in [4.78, 5) is 8.77. The molecule has 4 nitrogen and oxygen atoms in total. The van der Waals surface area contributed by atoms with E-state index < -0.39 is 0 Å². The van der Waals surface area contributed by atoms with Crippen LogP contribution in [0.1, 0.15) is 17.6 Å². The van der Waals surface area contributed by atoms with Crippen molar-refractivity contribution in [2.75, 3.05) is 25.2 Å². The van der Waals surface area contributed by atoms with Crippen molar-refractivity contribution in [3.63, 3.8) is 0 Å². The minimum Gasteiger partial charge on any atom is -0.378 e. The fraction of sp³-hybridized carbons (Fsp3) is 0.600. The summed E-state index contributed by atoms with van der Waals surface area (Å²) in [5, 5.41) is 0.474. The van der Waals surface area contributed by atoms with E-state index in [0.717, 1.165) is 27.4 Å². The van der Waals surface area contributed by atoms with Gasteiger partial charge in [-0.2, -0.15) is 11.8 Å². The number of thioether (sulfide) groups is 1. The van der Waals surface area contributed by atoms with Gasteiger partial charge < -0.3 is 9.47 Å². The summed E-state index contributed by atoms with van der Waals surface area (Å²) in [5.74, 6) is 2.57. The van der Waals surface area contributed by atoms with Gasteiger partial charge in [0.2, 0.25) is 0 Å². The van der Waals surface area contributed by atoms with Gasteiger partial charge in [0.25, 0.3) is 0 Å². The van der Waals surface area contributed by atoms with E-state index >= 15 is 0 Å². The van der Waals surface area contributed by atoms with Gasteiger partial charge in [-0.25, -0.2) is 9.97 Å². The first-order chi connectivity index (χ1) is 8.22. The van der Waals surface area contributed by atoms with Crippen LogP contribution in [0.4, 0.5) is 0 Å². The zero-order chi connectivity index (χ0) is 12.3. The Morgan fingerprint density at radius 3 is 3.06 bits per heavy atom. The van der Waals surface area contributed by atoms with Gasteiger partial charge in [0, 0.05) is 18.6 Å². The summed E-state index contributed by atoms with van der Waals surface area (Å²) < 4.78 is 11.6. The van der Waals surface area contributed by atoms with Crippen LogP contribution in [-0.4, -0.2) is 35.2 Å². The molecule has 1 aliphatic rings. The van der Waals surface area contributed by atoms with Crippen LogP contribution in [0.25, 0.3) is 0 Å². The minimum absolute atomic E-state index is 0.0566. The van der Waals surface area contributed by atoms with Crippen molar-refractivity contribution < 1.29 is 9.47 Å². The molecule has 0 spiro atoms. The van der Waals surface area contributed by atoms with Crippen LogP contribution >= 0.6 is 46.0 Å². The molecule has 1 unspecified atom stereocenters. The number of hydrogen-bond donors (Lipinski definition) is 0. The molecule has 1 aromatic rings. The number of ether oxygens (including phenoxy) is 2. The smallest absolute Gasteiger partial charge is 0.160 e. The Kier molecular flexibility index (Phi) is 5.28. The van der Waals surface area contributed by atoms with Crippen LogP contribution in [0.15, 0.2) is 0 Å². The lowest BCUT2D eigenvalue weighted by molar-refractivity contribution is 0.0687. The predicted octanol–water partition coefficient (Wildman–Crippen LogP) is 2.69. The molecule has 0 amide bonds. The number of nitrogens with zero attached hydrogens (tertiary/aromatic N) is 2. The van der Waals surface area contributed by atoms with Crippen molar-refractivity contribution in [3.05, 3.63) is 20.2 Å². The first-order valence-corrected chi connectivity index (χ1v) is 7.73. The van der Waals surface area contributed by atoms with E-state index in [1.807, 2.05) is 11.8 Å². The maximum atomic E-state index is 6.10. The third-order valence-corrected chi connectivity index (χ3v) is 5.00. The van der Waals surface area contributed by atoms with Gasteiger partial charge >= 0.3 is 0 Å². The minimum atomic E-state index is -0.0566. The van der Waals surface area contributed by atoms with E-state index in [1.165, 1.54) is 0 Å². The zero-order valence-electron chi connectivity index (χ0n) is 9.28. The van der Waals surface area contributed by atoms with E-state index in [9.17, 15) is 0 Å². The average Bonchev–Trinajstić information content (AvgIpc) is 2.36. The lowest BCUT2D eigenvalue weighted by Crippen LogP contribution is -2.19. The van der Waals surface area contributed by atoms with E-state index in [0.29, 0.717) is 17.6 Å². The molecule has 94 valence electrons. The SMILES string of the molecule is COCc1nc(C2CSCCO2)nc(Cl)c1I. The Hall–Kier alpha value is 0.370. The van der Waals surface area contributed by atoms with Crippen LogP contribution < -0.4 is 0 Å². The number of methoxy groups -OCH3 is 1. The van der Waals surface area contributed by atoms with Crippen LogP contribution in [0.5, 0.6) is 0 Å².